The lowest BCUT2D eigenvalue weighted by Crippen LogP contribution is -2.23. The fourth-order valence-electron chi connectivity index (χ4n) is 2.59. The summed E-state index contributed by atoms with van der Waals surface area (Å²) >= 11 is 1.75. The Morgan fingerprint density at radius 1 is 1.24 bits per heavy atom. The Bertz CT molecular complexity index is 699. The molecule has 0 saturated heterocycles. The Hall–Kier alpha value is -1.58. The van der Waals surface area contributed by atoms with Gasteiger partial charge >= 0.3 is 0 Å². The summed E-state index contributed by atoms with van der Waals surface area (Å²) in [5.41, 5.74) is 3.61. The third-order valence-corrected chi connectivity index (χ3v) is 4.43. The minimum Gasteiger partial charge on any atom is -0.459 e. The molecule has 0 spiro atoms. The Labute approximate surface area is 129 Å². The predicted molar refractivity (Wildman–Crippen MR) is 90.0 cm³/mol. The molecule has 2 heterocycles. The molecule has 1 aromatic carbocycles. The van der Waals surface area contributed by atoms with Crippen LogP contribution < -0.4 is 5.32 Å². The average Bonchev–Trinajstić information content (AvgIpc) is 3.11. The van der Waals surface area contributed by atoms with Crippen LogP contribution in [0.25, 0.3) is 11.0 Å². The van der Waals surface area contributed by atoms with Crippen molar-refractivity contribution in [2.24, 2.45) is 0 Å². The van der Waals surface area contributed by atoms with Crippen LogP contribution in [0.15, 0.2) is 45.5 Å². The molecule has 0 bridgehead atoms. The van der Waals surface area contributed by atoms with Gasteiger partial charge in [-0.05, 0) is 66.9 Å². The van der Waals surface area contributed by atoms with Crippen LogP contribution in [0.4, 0.5) is 0 Å². The van der Waals surface area contributed by atoms with Crippen LogP contribution in [0.5, 0.6) is 0 Å². The fraction of sp³-hybridized carbons (Fsp3) is 0.333. The van der Waals surface area contributed by atoms with Crippen molar-refractivity contribution < 1.29 is 4.42 Å². The molecule has 3 rings (SSSR count). The largest absolute Gasteiger partial charge is 0.459 e. The van der Waals surface area contributed by atoms with Gasteiger partial charge < -0.3 is 9.73 Å². The SMILES string of the molecule is CCCNC(Cc1ccsc1)c1cc2cc(C)ccc2o1. The minimum atomic E-state index is 0.243. The van der Waals surface area contributed by atoms with Crippen molar-refractivity contribution >= 4 is 22.3 Å². The van der Waals surface area contributed by atoms with Gasteiger partial charge in [0.05, 0.1) is 6.04 Å². The molecule has 0 fully saturated rings. The molecular formula is C18H21NOS. The van der Waals surface area contributed by atoms with Crippen molar-refractivity contribution in [3.05, 3.63) is 58.0 Å². The molecule has 0 aliphatic rings. The average molecular weight is 299 g/mol. The first-order valence-corrected chi connectivity index (χ1v) is 8.45. The number of nitrogens with one attached hydrogen (secondary N) is 1. The second-order valence-corrected chi connectivity index (χ2v) is 6.31. The van der Waals surface area contributed by atoms with Crippen molar-refractivity contribution in [1.82, 2.24) is 5.32 Å². The first-order chi connectivity index (χ1) is 10.3. The molecular weight excluding hydrogens is 278 g/mol. The summed E-state index contributed by atoms with van der Waals surface area (Å²) < 4.78 is 6.07. The normalized spacial score (nSPS) is 12.9. The van der Waals surface area contributed by atoms with Crippen LogP contribution in [0, 0.1) is 6.92 Å². The molecule has 0 aliphatic heterocycles. The molecule has 2 nitrogen and oxygen atoms in total. The van der Waals surface area contributed by atoms with E-state index in [1.54, 1.807) is 11.3 Å². The van der Waals surface area contributed by atoms with Gasteiger partial charge in [0.25, 0.3) is 0 Å². The number of benzene rings is 1. The maximum atomic E-state index is 6.07. The zero-order chi connectivity index (χ0) is 14.7. The van der Waals surface area contributed by atoms with Crippen molar-refractivity contribution in [3.8, 4) is 0 Å². The second-order valence-electron chi connectivity index (χ2n) is 5.53. The zero-order valence-corrected chi connectivity index (χ0v) is 13.4. The minimum absolute atomic E-state index is 0.243. The summed E-state index contributed by atoms with van der Waals surface area (Å²) in [6.45, 7) is 5.31. The van der Waals surface area contributed by atoms with Gasteiger partial charge in [0.15, 0.2) is 0 Å². The van der Waals surface area contributed by atoms with E-state index in [-0.39, 0.29) is 6.04 Å². The summed E-state index contributed by atoms with van der Waals surface area (Å²) in [6.07, 6.45) is 2.10. The van der Waals surface area contributed by atoms with Crippen LogP contribution in [-0.2, 0) is 6.42 Å². The number of rotatable bonds is 6. The van der Waals surface area contributed by atoms with Gasteiger partial charge in [0, 0.05) is 5.39 Å². The van der Waals surface area contributed by atoms with Crippen molar-refractivity contribution in [2.75, 3.05) is 6.54 Å². The topological polar surface area (TPSA) is 25.2 Å². The standard InChI is InChI=1S/C18H21NOS/c1-3-7-19-16(10-14-6-8-21-12-14)18-11-15-9-13(2)4-5-17(15)20-18/h4-6,8-9,11-12,16,19H,3,7,10H2,1-2H3. The van der Waals surface area contributed by atoms with Gasteiger partial charge in [0.1, 0.15) is 11.3 Å². The summed E-state index contributed by atoms with van der Waals surface area (Å²) in [5.74, 6) is 1.04. The van der Waals surface area contributed by atoms with Gasteiger partial charge in [-0.1, -0.05) is 18.6 Å². The van der Waals surface area contributed by atoms with Crippen LogP contribution in [0.3, 0.4) is 0 Å². The highest BCUT2D eigenvalue weighted by Crippen LogP contribution is 2.27. The maximum absolute atomic E-state index is 6.07. The number of fused-ring (bicyclic) bond motifs is 1. The van der Waals surface area contributed by atoms with Crippen molar-refractivity contribution in [3.63, 3.8) is 0 Å². The summed E-state index contributed by atoms with van der Waals surface area (Å²) in [5, 5.41) is 9.15. The Morgan fingerprint density at radius 2 is 2.14 bits per heavy atom. The van der Waals surface area contributed by atoms with Gasteiger partial charge in [0.2, 0.25) is 0 Å². The summed E-state index contributed by atoms with van der Waals surface area (Å²) in [6, 6.07) is 11.0. The molecule has 0 saturated carbocycles. The summed E-state index contributed by atoms with van der Waals surface area (Å²) in [4.78, 5) is 0. The van der Waals surface area contributed by atoms with Gasteiger partial charge in [-0.25, -0.2) is 0 Å². The van der Waals surface area contributed by atoms with Gasteiger partial charge in [-0.2, -0.15) is 11.3 Å². The molecule has 3 aromatic rings. The molecule has 0 amide bonds. The van der Waals surface area contributed by atoms with Crippen LogP contribution in [0.2, 0.25) is 0 Å². The van der Waals surface area contributed by atoms with Gasteiger partial charge in [-0.15, -0.1) is 0 Å². The molecule has 2 aromatic heterocycles. The van der Waals surface area contributed by atoms with E-state index in [9.17, 15) is 0 Å². The molecule has 110 valence electrons. The van der Waals surface area contributed by atoms with E-state index in [0.717, 1.165) is 30.7 Å². The molecule has 1 N–H and O–H groups in total. The van der Waals surface area contributed by atoms with E-state index in [2.05, 4.69) is 60.3 Å². The summed E-state index contributed by atoms with van der Waals surface area (Å²) in [7, 11) is 0. The highest BCUT2D eigenvalue weighted by Gasteiger charge is 2.16. The monoisotopic (exact) mass is 299 g/mol. The lowest BCUT2D eigenvalue weighted by Gasteiger charge is -2.15. The predicted octanol–water partition coefficient (Wildman–Crippen LogP) is 5.09. The fourth-order valence-corrected chi connectivity index (χ4v) is 3.27. The third-order valence-electron chi connectivity index (χ3n) is 3.69. The molecule has 0 aliphatic carbocycles. The first-order valence-electron chi connectivity index (χ1n) is 7.51. The Balaban J connectivity index is 1.89. The lowest BCUT2D eigenvalue weighted by molar-refractivity contribution is 0.428. The quantitative estimate of drug-likeness (QED) is 0.686. The van der Waals surface area contributed by atoms with E-state index in [4.69, 9.17) is 4.42 Å². The van der Waals surface area contributed by atoms with E-state index >= 15 is 0 Å². The van der Waals surface area contributed by atoms with E-state index < -0.39 is 0 Å². The van der Waals surface area contributed by atoms with Crippen LogP contribution in [-0.4, -0.2) is 6.54 Å². The lowest BCUT2D eigenvalue weighted by atomic mass is 10.1. The highest BCUT2D eigenvalue weighted by molar-refractivity contribution is 7.07. The molecule has 1 unspecified atom stereocenters. The van der Waals surface area contributed by atoms with E-state index in [0.29, 0.717) is 0 Å². The number of aryl methyl sites for hydroxylation is 1. The number of hydrogen-bond acceptors (Lipinski definition) is 3. The maximum Gasteiger partial charge on any atom is 0.134 e. The smallest absolute Gasteiger partial charge is 0.134 e. The van der Waals surface area contributed by atoms with Crippen LogP contribution in [0.1, 0.15) is 36.3 Å². The van der Waals surface area contributed by atoms with Crippen molar-refractivity contribution in [1.29, 1.82) is 0 Å². The number of thiophene rings is 1. The molecule has 3 heteroatoms. The van der Waals surface area contributed by atoms with E-state index in [1.807, 2.05) is 0 Å². The van der Waals surface area contributed by atoms with E-state index in [1.165, 1.54) is 16.5 Å². The third kappa shape index (κ3) is 3.36. The molecule has 0 radical (unpaired) electrons. The van der Waals surface area contributed by atoms with Crippen LogP contribution >= 0.6 is 11.3 Å². The zero-order valence-electron chi connectivity index (χ0n) is 12.6. The second kappa shape index (κ2) is 6.46. The number of hydrogen-bond donors (Lipinski definition) is 1. The highest BCUT2D eigenvalue weighted by atomic mass is 32.1. The first kappa shape index (κ1) is 14.4. The van der Waals surface area contributed by atoms with Crippen molar-refractivity contribution in [2.45, 2.75) is 32.7 Å². The molecule has 21 heavy (non-hydrogen) atoms. The molecule has 1 atom stereocenters. The Morgan fingerprint density at radius 3 is 2.90 bits per heavy atom. The Kier molecular flexibility index (Phi) is 4.42. The van der Waals surface area contributed by atoms with Gasteiger partial charge in [-0.3, -0.25) is 0 Å². The number of furan rings is 1.